The van der Waals surface area contributed by atoms with Crippen LogP contribution in [0.15, 0.2) is 18.2 Å². The first-order valence-electron chi connectivity index (χ1n) is 6.56. The van der Waals surface area contributed by atoms with Crippen LogP contribution < -0.4 is 4.90 Å². The molecule has 0 fully saturated rings. The maximum atomic E-state index is 12.1. The van der Waals surface area contributed by atoms with Gasteiger partial charge in [0.15, 0.2) is 0 Å². The van der Waals surface area contributed by atoms with Gasteiger partial charge in [-0.1, -0.05) is 26.0 Å². The fraction of sp³-hybridized carbons (Fsp3) is 0.533. The number of fused-ring (bicyclic) bond motifs is 1. The van der Waals surface area contributed by atoms with Gasteiger partial charge in [-0.25, -0.2) is 0 Å². The molecule has 0 N–H and O–H groups in total. The minimum Gasteiger partial charge on any atom is -0.312 e. The lowest BCUT2D eigenvalue weighted by Gasteiger charge is -2.19. The summed E-state index contributed by atoms with van der Waals surface area (Å²) in [6.45, 7) is 6.71. The zero-order valence-corrected chi connectivity index (χ0v) is 12.0. The topological polar surface area (TPSA) is 20.3 Å². The average molecular weight is 266 g/mol. The van der Waals surface area contributed by atoms with E-state index in [-0.39, 0.29) is 17.2 Å². The maximum Gasteiger partial charge on any atom is 0.229 e. The molecule has 1 heterocycles. The third kappa shape index (κ3) is 2.69. The highest BCUT2D eigenvalue weighted by atomic mass is 35.5. The van der Waals surface area contributed by atoms with Crippen LogP contribution >= 0.6 is 11.6 Å². The van der Waals surface area contributed by atoms with Crippen molar-refractivity contribution in [3.8, 4) is 0 Å². The van der Waals surface area contributed by atoms with Crippen molar-refractivity contribution in [1.29, 1.82) is 0 Å². The lowest BCUT2D eigenvalue weighted by Crippen LogP contribution is -2.32. The predicted molar refractivity (Wildman–Crippen MR) is 76.4 cm³/mol. The van der Waals surface area contributed by atoms with Crippen molar-refractivity contribution in [2.24, 2.45) is 5.92 Å². The molecule has 0 aliphatic carbocycles. The molecule has 18 heavy (non-hydrogen) atoms. The molecule has 0 radical (unpaired) electrons. The third-order valence-corrected chi connectivity index (χ3v) is 3.47. The summed E-state index contributed by atoms with van der Waals surface area (Å²) < 4.78 is 0. The molecule has 1 aliphatic heterocycles. The van der Waals surface area contributed by atoms with Crippen molar-refractivity contribution in [3.05, 3.63) is 29.3 Å². The van der Waals surface area contributed by atoms with Crippen LogP contribution in [-0.2, 0) is 17.6 Å². The Morgan fingerprint density at radius 3 is 2.72 bits per heavy atom. The Morgan fingerprint density at radius 2 is 2.11 bits per heavy atom. The van der Waals surface area contributed by atoms with Crippen LogP contribution in [0.25, 0.3) is 0 Å². The summed E-state index contributed by atoms with van der Waals surface area (Å²) in [6, 6.07) is 6.35. The number of hydrogen-bond donors (Lipinski definition) is 0. The number of carbonyl (C=O) groups is 1. The van der Waals surface area contributed by atoms with E-state index >= 15 is 0 Å². The summed E-state index contributed by atoms with van der Waals surface area (Å²) in [5, 5.41) is 0.151. The highest BCUT2D eigenvalue weighted by molar-refractivity contribution is 6.20. The van der Waals surface area contributed by atoms with Gasteiger partial charge in [-0.2, -0.15) is 0 Å². The van der Waals surface area contributed by atoms with Gasteiger partial charge >= 0.3 is 0 Å². The van der Waals surface area contributed by atoms with Crippen molar-refractivity contribution in [2.75, 3.05) is 11.4 Å². The van der Waals surface area contributed by atoms with Crippen molar-refractivity contribution < 1.29 is 4.79 Å². The minimum atomic E-state index is 0.0542. The van der Waals surface area contributed by atoms with Crippen LogP contribution in [-0.4, -0.2) is 17.8 Å². The van der Waals surface area contributed by atoms with Crippen LogP contribution in [0.3, 0.4) is 0 Å². The van der Waals surface area contributed by atoms with E-state index < -0.39 is 0 Å². The number of hydrogen-bond acceptors (Lipinski definition) is 1. The Hall–Kier alpha value is -1.02. The molecular weight excluding hydrogens is 246 g/mol. The van der Waals surface area contributed by atoms with Crippen molar-refractivity contribution >= 4 is 23.2 Å². The number of nitrogens with zero attached hydrogens (tertiary/aromatic N) is 1. The molecule has 98 valence electrons. The molecule has 0 saturated carbocycles. The number of benzene rings is 1. The third-order valence-electron chi connectivity index (χ3n) is 3.32. The first kappa shape index (κ1) is 13.4. The largest absolute Gasteiger partial charge is 0.312 e. The van der Waals surface area contributed by atoms with Gasteiger partial charge in [0.1, 0.15) is 0 Å². The Bertz CT molecular complexity index is 454. The molecule has 0 saturated heterocycles. The number of rotatable bonds is 3. The number of alkyl halides is 1. The van der Waals surface area contributed by atoms with E-state index in [1.54, 1.807) is 0 Å². The molecule has 2 nitrogen and oxygen atoms in total. The molecule has 1 amide bonds. The summed E-state index contributed by atoms with van der Waals surface area (Å²) in [5.41, 5.74) is 3.62. The molecule has 2 rings (SSSR count). The first-order chi connectivity index (χ1) is 8.49. The molecule has 1 aromatic rings. The number of anilines is 1. The van der Waals surface area contributed by atoms with Crippen LogP contribution in [0.2, 0.25) is 0 Å². The second kappa shape index (κ2) is 5.31. The lowest BCUT2D eigenvalue weighted by molar-refractivity contribution is -0.121. The molecule has 0 aromatic heterocycles. The van der Waals surface area contributed by atoms with Crippen LogP contribution in [0.4, 0.5) is 5.69 Å². The smallest absolute Gasteiger partial charge is 0.229 e. The second-order valence-electron chi connectivity index (χ2n) is 5.34. The quantitative estimate of drug-likeness (QED) is 0.767. The Balaban J connectivity index is 2.22. The Morgan fingerprint density at radius 1 is 1.39 bits per heavy atom. The zero-order valence-electron chi connectivity index (χ0n) is 11.2. The van der Waals surface area contributed by atoms with Gasteiger partial charge in [0.05, 0.1) is 0 Å². The van der Waals surface area contributed by atoms with E-state index in [0.717, 1.165) is 25.1 Å². The molecule has 1 aromatic carbocycles. The van der Waals surface area contributed by atoms with E-state index in [1.165, 1.54) is 11.1 Å². The van der Waals surface area contributed by atoms with Crippen LogP contribution in [0, 0.1) is 5.92 Å². The molecule has 0 bridgehead atoms. The van der Waals surface area contributed by atoms with Gasteiger partial charge in [0.2, 0.25) is 5.91 Å². The van der Waals surface area contributed by atoms with E-state index in [2.05, 4.69) is 18.2 Å². The minimum absolute atomic E-state index is 0.0542. The predicted octanol–water partition coefficient (Wildman–Crippen LogP) is 3.40. The monoisotopic (exact) mass is 265 g/mol. The van der Waals surface area contributed by atoms with Gasteiger partial charge < -0.3 is 4.90 Å². The normalized spacial score (nSPS) is 15.9. The summed E-state index contributed by atoms with van der Waals surface area (Å²) in [7, 11) is 0. The molecule has 1 atom stereocenters. The summed E-state index contributed by atoms with van der Waals surface area (Å²) in [6.07, 6.45) is 1.84. The molecule has 1 aliphatic rings. The van der Waals surface area contributed by atoms with E-state index in [4.69, 9.17) is 11.6 Å². The van der Waals surface area contributed by atoms with Gasteiger partial charge in [-0.05, 0) is 37.0 Å². The maximum absolute atomic E-state index is 12.1. The van der Waals surface area contributed by atoms with Crippen molar-refractivity contribution in [2.45, 2.75) is 39.0 Å². The summed E-state index contributed by atoms with van der Waals surface area (Å²) >= 11 is 6.02. The zero-order chi connectivity index (χ0) is 13.3. The highest BCUT2D eigenvalue weighted by Gasteiger charge is 2.26. The van der Waals surface area contributed by atoms with Gasteiger partial charge in [-0.15, -0.1) is 11.6 Å². The first-order valence-corrected chi connectivity index (χ1v) is 7.00. The lowest BCUT2D eigenvalue weighted by atomic mass is 10.0. The van der Waals surface area contributed by atoms with Gasteiger partial charge in [-0.3, -0.25) is 4.79 Å². The molecule has 1 unspecified atom stereocenters. The van der Waals surface area contributed by atoms with E-state index in [9.17, 15) is 4.79 Å². The molecule has 0 spiro atoms. The number of carbonyl (C=O) groups excluding carboxylic acids is 1. The van der Waals surface area contributed by atoms with Crippen molar-refractivity contribution in [3.63, 3.8) is 0 Å². The summed E-state index contributed by atoms with van der Waals surface area (Å²) in [4.78, 5) is 14.0. The highest BCUT2D eigenvalue weighted by Crippen LogP contribution is 2.30. The van der Waals surface area contributed by atoms with E-state index in [0.29, 0.717) is 0 Å². The SMILES string of the molecule is CC(Cl)Cc1ccc2c(c1)CCN2C(=O)C(C)C. The van der Waals surface area contributed by atoms with Gasteiger partial charge in [0.25, 0.3) is 0 Å². The van der Waals surface area contributed by atoms with Gasteiger partial charge in [0, 0.05) is 23.5 Å². The Kier molecular flexibility index (Phi) is 3.96. The second-order valence-corrected chi connectivity index (χ2v) is 6.09. The van der Waals surface area contributed by atoms with Crippen molar-refractivity contribution in [1.82, 2.24) is 0 Å². The fourth-order valence-corrected chi connectivity index (χ4v) is 2.63. The van der Waals surface area contributed by atoms with Crippen LogP contribution in [0.1, 0.15) is 31.9 Å². The molecular formula is C15H20ClNO. The fourth-order valence-electron chi connectivity index (χ4n) is 2.45. The standard InChI is InChI=1S/C15H20ClNO/c1-10(2)15(18)17-7-6-13-9-12(8-11(3)16)4-5-14(13)17/h4-5,9-11H,6-8H2,1-3H3. The molecule has 3 heteroatoms. The Labute approximate surface area is 114 Å². The summed E-state index contributed by atoms with van der Waals surface area (Å²) in [5.74, 6) is 0.269. The number of halogens is 1. The van der Waals surface area contributed by atoms with Crippen LogP contribution in [0.5, 0.6) is 0 Å². The number of amides is 1. The average Bonchev–Trinajstić information content (AvgIpc) is 2.69. The van der Waals surface area contributed by atoms with E-state index in [1.807, 2.05) is 25.7 Å².